The zero-order chi connectivity index (χ0) is 14.9. The minimum atomic E-state index is -0.868. The Kier molecular flexibility index (Phi) is 3.36. The lowest BCUT2D eigenvalue weighted by Gasteiger charge is -2.32. The van der Waals surface area contributed by atoms with Crippen LogP contribution in [0.5, 0.6) is 0 Å². The summed E-state index contributed by atoms with van der Waals surface area (Å²) in [6.07, 6.45) is 2.27. The zero-order valence-electron chi connectivity index (χ0n) is 11.8. The van der Waals surface area contributed by atoms with Gasteiger partial charge in [0.15, 0.2) is 5.96 Å². The van der Waals surface area contributed by atoms with Gasteiger partial charge in [-0.25, -0.2) is 4.99 Å². The maximum Gasteiger partial charge on any atom is 0.195 e. The van der Waals surface area contributed by atoms with Crippen LogP contribution in [0.1, 0.15) is 12.0 Å². The first kappa shape index (κ1) is 13.6. The summed E-state index contributed by atoms with van der Waals surface area (Å²) in [7, 11) is 1.64. The Morgan fingerprint density at radius 3 is 2.90 bits per heavy atom. The van der Waals surface area contributed by atoms with Crippen LogP contribution < -0.4 is 16.8 Å². The first-order chi connectivity index (χ1) is 10.1. The molecule has 0 aliphatic carbocycles. The molecule has 1 aliphatic heterocycles. The van der Waals surface area contributed by atoms with Crippen LogP contribution in [-0.4, -0.2) is 29.9 Å². The van der Waals surface area contributed by atoms with Crippen molar-refractivity contribution in [2.24, 2.45) is 16.5 Å². The topological polar surface area (TPSA) is 114 Å². The molecule has 0 spiro atoms. The molecule has 1 aliphatic rings. The number of nitrogens with two attached hydrogens (primary N) is 2. The van der Waals surface area contributed by atoms with E-state index in [1.54, 1.807) is 13.3 Å². The third-order valence-electron chi connectivity index (χ3n) is 3.57. The van der Waals surface area contributed by atoms with Gasteiger partial charge in [-0.3, -0.25) is 5.10 Å². The minimum absolute atomic E-state index is 0.308. The molecule has 7 heteroatoms. The first-order valence-electron chi connectivity index (χ1n) is 6.67. The Morgan fingerprint density at radius 2 is 2.19 bits per heavy atom. The Morgan fingerprint density at radius 1 is 1.33 bits per heavy atom. The highest BCUT2D eigenvalue weighted by Crippen LogP contribution is 2.35. The van der Waals surface area contributed by atoms with Crippen LogP contribution in [-0.2, 0) is 10.4 Å². The van der Waals surface area contributed by atoms with Crippen LogP contribution in [0.3, 0.4) is 0 Å². The maximum atomic E-state index is 6.41. The zero-order valence-corrected chi connectivity index (χ0v) is 11.8. The molecule has 0 saturated heterocycles. The lowest BCUT2D eigenvalue weighted by Crippen LogP contribution is -2.44. The number of methoxy groups -OCH3 is 1. The van der Waals surface area contributed by atoms with Crippen molar-refractivity contribution < 1.29 is 4.74 Å². The number of hydrogen-bond donors (Lipinski definition) is 4. The van der Waals surface area contributed by atoms with Gasteiger partial charge in [0.05, 0.1) is 12.3 Å². The highest BCUT2D eigenvalue weighted by Gasteiger charge is 2.33. The van der Waals surface area contributed by atoms with Gasteiger partial charge in [0.25, 0.3) is 0 Å². The number of nitrogens with zero attached hydrogens (tertiary/aromatic N) is 2. The SMILES string of the molecule is COCCC1(N)N=C(N)Nc2cc(-c3ccn[nH]3)ccc21. The Hall–Kier alpha value is -2.38. The van der Waals surface area contributed by atoms with Crippen molar-refractivity contribution in [3.63, 3.8) is 0 Å². The third-order valence-corrected chi connectivity index (χ3v) is 3.57. The molecule has 1 aromatic carbocycles. The molecule has 1 aromatic heterocycles. The van der Waals surface area contributed by atoms with E-state index in [1.807, 2.05) is 24.3 Å². The van der Waals surface area contributed by atoms with E-state index < -0.39 is 5.66 Å². The number of H-pyrrole nitrogens is 1. The quantitative estimate of drug-likeness (QED) is 0.668. The minimum Gasteiger partial charge on any atom is -0.385 e. The largest absolute Gasteiger partial charge is 0.385 e. The summed E-state index contributed by atoms with van der Waals surface area (Å²) in [6.45, 7) is 0.509. The third kappa shape index (κ3) is 2.48. The van der Waals surface area contributed by atoms with Crippen molar-refractivity contribution >= 4 is 11.6 Å². The van der Waals surface area contributed by atoms with Crippen molar-refractivity contribution in [1.82, 2.24) is 10.2 Å². The molecule has 110 valence electrons. The number of aromatic amines is 1. The smallest absolute Gasteiger partial charge is 0.195 e. The van der Waals surface area contributed by atoms with Gasteiger partial charge in [0, 0.05) is 36.5 Å². The number of hydrogen-bond acceptors (Lipinski definition) is 6. The number of guanidine groups is 1. The van der Waals surface area contributed by atoms with Gasteiger partial charge in [0.2, 0.25) is 0 Å². The van der Waals surface area contributed by atoms with Gasteiger partial charge in [-0.15, -0.1) is 0 Å². The van der Waals surface area contributed by atoms with E-state index >= 15 is 0 Å². The molecule has 0 bridgehead atoms. The van der Waals surface area contributed by atoms with Crippen molar-refractivity contribution in [1.29, 1.82) is 0 Å². The summed E-state index contributed by atoms with van der Waals surface area (Å²) in [5.41, 5.74) is 15.1. The van der Waals surface area contributed by atoms with Crippen molar-refractivity contribution in [2.75, 3.05) is 19.0 Å². The van der Waals surface area contributed by atoms with E-state index in [4.69, 9.17) is 16.2 Å². The van der Waals surface area contributed by atoms with Crippen molar-refractivity contribution in [3.05, 3.63) is 36.0 Å². The average Bonchev–Trinajstić information content (AvgIpc) is 2.98. The molecule has 7 nitrogen and oxygen atoms in total. The molecule has 0 radical (unpaired) electrons. The maximum absolute atomic E-state index is 6.41. The van der Waals surface area contributed by atoms with Gasteiger partial charge in [0.1, 0.15) is 5.66 Å². The number of aromatic nitrogens is 2. The van der Waals surface area contributed by atoms with Gasteiger partial charge in [-0.2, -0.15) is 5.10 Å². The highest BCUT2D eigenvalue weighted by molar-refractivity contribution is 5.96. The predicted octanol–water partition coefficient (Wildman–Crippen LogP) is 0.965. The average molecular weight is 286 g/mol. The molecule has 21 heavy (non-hydrogen) atoms. The summed E-state index contributed by atoms with van der Waals surface area (Å²) in [5, 5.41) is 9.96. The number of ether oxygens (including phenoxy) is 1. The number of fused-ring (bicyclic) bond motifs is 1. The van der Waals surface area contributed by atoms with E-state index in [0.717, 1.165) is 22.5 Å². The number of nitrogens with one attached hydrogen (secondary N) is 2. The second kappa shape index (κ2) is 5.19. The van der Waals surface area contributed by atoms with E-state index in [9.17, 15) is 0 Å². The number of rotatable bonds is 4. The molecule has 1 atom stereocenters. The summed E-state index contributed by atoms with van der Waals surface area (Å²) >= 11 is 0. The molecule has 0 saturated carbocycles. The lowest BCUT2D eigenvalue weighted by molar-refractivity contribution is 0.169. The normalized spacial score (nSPS) is 20.6. The Labute approximate surface area is 122 Å². The van der Waals surface area contributed by atoms with Gasteiger partial charge in [-0.1, -0.05) is 12.1 Å². The molecule has 2 heterocycles. The van der Waals surface area contributed by atoms with Crippen LogP contribution >= 0.6 is 0 Å². The summed E-state index contributed by atoms with van der Waals surface area (Å²) in [5.74, 6) is 0.308. The number of anilines is 1. The molecule has 6 N–H and O–H groups in total. The fourth-order valence-electron chi connectivity index (χ4n) is 2.50. The standard InChI is InChI=1S/C14H18N6O/c1-21-7-5-14(16)10-3-2-9(11-4-6-17-20-11)8-12(10)18-13(15)19-14/h2-4,6,8H,5,7,16H2,1H3,(H,17,20)(H3,15,18,19). The van der Waals surface area contributed by atoms with E-state index in [1.165, 1.54) is 0 Å². The molecule has 1 unspecified atom stereocenters. The first-order valence-corrected chi connectivity index (χ1v) is 6.67. The number of aliphatic imine (C=N–C) groups is 1. The van der Waals surface area contributed by atoms with Gasteiger partial charge in [-0.05, 0) is 12.1 Å². The molecule has 2 aromatic rings. The second-order valence-electron chi connectivity index (χ2n) is 5.02. The number of benzene rings is 1. The van der Waals surface area contributed by atoms with Crippen molar-refractivity contribution in [2.45, 2.75) is 12.1 Å². The molecule has 0 amide bonds. The Bertz CT molecular complexity index is 666. The fourth-order valence-corrected chi connectivity index (χ4v) is 2.50. The van der Waals surface area contributed by atoms with Crippen LogP contribution in [0.15, 0.2) is 35.5 Å². The van der Waals surface area contributed by atoms with Crippen LogP contribution in [0, 0.1) is 0 Å². The molecule has 3 rings (SSSR count). The predicted molar refractivity (Wildman–Crippen MR) is 81.6 cm³/mol. The lowest BCUT2D eigenvalue weighted by atomic mass is 9.92. The summed E-state index contributed by atoms with van der Waals surface area (Å²) in [6, 6.07) is 7.84. The molecule has 0 fully saturated rings. The molecular formula is C14H18N6O. The van der Waals surface area contributed by atoms with Crippen LogP contribution in [0.2, 0.25) is 0 Å². The van der Waals surface area contributed by atoms with Gasteiger partial charge < -0.3 is 21.5 Å². The summed E-state index contributed by atoms with van der Waals surface area (Å²) < 4.78 is 5.12. The second-order valence-corrected chi connectivity index (χ2v) is 5.02. The highest BCUT2D eigenvalue weighted by atomic mass is 16.5. The Balaban J connectivity index is 2.02. The van der Waals surface area contributed by atoms with Crippen molar-refractivity contribution in [3.8, 4) is 11.3 Å². The van der Waals surface area contributed by atoms with E-state index in [-0.39, 0.29) is 0 Å². The fraction of sp³-hybridized carbons (Fsp3) is 0.286. The molecular weight excluding hydrogens is 268 g/mol. The van der Waals surface area contributed by atoms with E-state index in [0.29, 0.717) is 19.0 Å². The van der Waals surface area contributed by atoms with E-state index in [2.05, 4.69) is 20.5 Å². The van der Waals surface area contributed by atoms with Crippen LogP contribution in [0.25, 0.3) is 11.3 Å². The monoisotopic (exact) mass is 286 g/mol. The van der Waals surface area contributed by atoms with Crippen LogP contribution in [0.4, 0.5) is 5.69 Å². The van der Waals surface area contributed by atoms with Gasteiger partial charge >= 0.3 is 0 Å². The summed E-state index contributed by atoms with van der Waals surface area (Å²) in [4.78, 5) is 4.35.